The summed E-state index contributed by atoms with van der Waals surface area (Å²) < 4.78 is 1.86. The van der Waals surface area contributed by atoms with E-state index in [0.717, 1.165) is 19.9 Å². The first-order chi connectivity index (χ1) is 14.7. The zero-order valence-electron chi connectivity index (χ0n) is 17.0. The SMILES string of the molecule is Cn1c(O)c(/C=C2\N=c3ccccc3=C2CCNC(=O)CCC(=O)[O-])c(=O)n(C)c1=O. The summed E-state index contributed by atoms with van der Waals surface area (Å²) in [5, 5.41) is 25.0. The molecule has 10 heteroatoms. The molecule has 1 aliphatic rings. The molecule has 3 rings (SSSR count). The number of fused-ring (bicyclic) bond motifs is 1. The van der Waals surface area contributed by atoms with Gasteiger partial charge in [-0.1, -0.05) is 18.2 Å². The number of carboxylic acids is 1. The number of aromatic hydroxyl groups is 1. The summed E-state index contributed by atoms with van der Waals surface area (Å²) in [5.74, 6) is -2.18. The number of nitrogens with zero attached hydrogens (tertiary/aromatic N) is 3. The van der Waals surface area contributed by atoms with Gasteiger partial charge in [0.25, 0.3) is 5.56 Å². The van der Waals surface area contributed by atoms with Gasteiger partial charge in [0.1, 0.15) is 5.56 Å². The topological polar surface area (TPSA) is 146 Å². The van der Waals surface area contributed by atoms with Crippen LogP contribution < -0.4 is 32.2 Å². The van der Waals surface area contributed by atoms with Gasteiger partial charge in [-0.3, -0.25) is 18.7 Å². The molecule has 2 N–H and O–H groups in total. The molecule has 0 spiro atoms. The number of para-hydroxylation sites is 1. The van der Waals surface area contributed by atoms with Crippen molar-refractivity contribution in [3.8, 4) is 5.88 Å². The Hall–Kier alpha value is -3.95. The van der Waals surface area contributed by atoms with Crippen molar-refractivity contribution < 1.29 is 19.8 Å². The lowest BCUT2D eigenvalue weighted by atomic mass is 10.1. The summed E-state index contributed by atoms with van der Waals surface area (Å²) in [6, 6.07) is 7.30. The molecule has 0 unspecified atom stereocenters. The molecular weight excluding hydrogens is 404 g/mol. The molecule has 2 heterocycles. The third kappa shape index (κ3) is 4.47. The molecule has 0 saturated heterocycles. The van der Waals surface area contributed by atoms with Gasteiger partial charge in [0, 0.05) is 38.2 Å². The molecule has 1 aliphatic heterocycles. The summed E-state index contributed by atoms with van der Waals surface area (Å²) in [4.78, 5) is 51.3. The third-order valence-corrected chi connectivity index (χ3v) is 4.98. The molecule has 0 radical (unpaired) electrons. The van der Waals surface area contributed by atoms with Crippen molar-refractivity contribution in [2.75, 3.05) is 6.54 Å². The normalized spacial score (nSPS) is 13.7. The van der Waals surface area contributed by atoms with E-state index in [-0.39, 0.29) is 24.9 Å². The van der Waals surface area contributed by atoms with E-state index in [2.05, 4.69) is 10.3 Å². The summed E-state index contributed by atoms with van der Waals surface area (Å²) in [5.41, 5.74) is -0.219. The van der Waals surface area contributed by atoms with Crippen LogP contribution in [0, 0.1) is 0 Å². The van der Waals surface area contributed by atoms with Crippen molar-refractivity contribution in [1.29, 1.82) is 0 Å². The van der Waals surface area contributed by atoms with Gasteiger partial charge in [-0.05, 0) is 30.6 Å². The van der Waals surface area contributed by atoms with Crippen molar-refractivity contribution in [3.63, 3.8) is 0 Å². The number of nitrogens with one attached hydrogen (secondary N) is 1. The Labute approximate surface area is 176 Å². The number of carboxylic acid groups (broad SMARTS) is 1. The number of hydrogen-bond acceptors (Lipinski definition) is 7. The average molecular weight is 425 g/mol. The number of carbonyl (C=O) groups excluding carboxylic acids is 2. The molecule has 2 aromatic rings. The van der Waals surface area contributed by atoms with Gasteiger partial charge in [0.15, 0.2) is 0 Å². The van der Waals surface area contributed by atoms with Gasteiger partial charge in [-0.15, -0.1) is 0 Å². The minimum absolute atomic E-state index is 0.0772. The maximum absolute atomic E-state index is 12.5. The van der Waals surface area contributed by atoms with Gasteiger partial charge in [0.2, 0.25) is 11.8 Å². The molecule has 0 atom stereocenters. The summed E-state index contributed by atoms with van der Waals surface area (Å²) >= 11 is 0. The highest BCUT2D eigenvalue weighted by Gasteiger charge is 2.18. The van der Waals surface area contributed by atoms with Crippen molar-refractivity contribution >= 4 is 23.5 Å². The van der Waals surface area contributed by atoms with Gasteiger partial charge >= 0.3 is 5.69 Å². The van der Waals surface area contributed by atoms with Gasteiger partial charge < -0.3 is 20.3 Å². The van der Waals surface area contributed by atoms with Crippen molar-refractivity contribution in [2.24, 2.45) is 19.1 Å². The highest BCUT2D eigenvalue weighted by molar-refractivity contribution is 5.80. The molecule has 1 amide bonds. The Bertz CT molecular complexity index is 1330. The summed E-state index contributed by atoms with van der Waals surface area (Å²) in [6.07, 6.45) is 1.24. The monoisotopic (exact) mass is 425 g/mol. The molecule has 1 aromatic heterocycles. The lowest BCUT2D eigenvalue weighted by Crippen LogP contribution is -2.38. The first-order valence-corrected chi connectivity index (χ1v) is 9.55. The van der Waals surface area contributed by atoms with Crippen molar-refractivity contribution in [2.45, 2.75) is 19.3 Å². The Morgan fingerprint density at radius 3 is 2.58 bits per heavy atom. The zero-order chi connectivity index (χ0) is 22.7. The zero-order valence-corrected chi connectivity index (χ0v) is 17.0. The van der Waals surface area contributed by atoms with Gasteiger partial charge in [-0.2, -0.15) is 0 Å². The van der Waals surface area contributed by atoms with Crippen LogP contribution in [0.4, 0.5) is 0 Å². The number of amides is 1. The maximum atomic E-state index is 12.5. The second kappa shape index (κ2) is 8.82. The number of hydrogen-bond donors (Lipinski definition) is 2. The molecule has 31 heavy (non-hydrogen) atoms. The Morgan fingerprint density at radius 1 is 1.16 bits per heavy atom. The number of aliphatic carboxylic acids is 1. The molecule has 162 valence electrons. The Kier molecular flexibility index (Phi) is 6.19. The second-order valence-corrected chi connectivity index (χ2v) is 7.05. The van der Waals surface area contributed by atoms with Gasteiger partial charge in [-0.25, -0.2) is 9.79 Å². The fourth-order valence-corrected chi connectivity index (χ4v) is 3.30. The van der Waals surface area contributed by atoms with Crippen molar-refractivity contribution in [3.05, 3.63) is 66.9 Å². The molecule has 0 bridgehead atoms. The number of benzene rings is 1. The second-order valence-electron chi connectivity index (χ2n) is 7.05. The highest BCUT2D eigenvalue weighted by atomic mass is 16.4. The van der Waals surface area contributed by atoms with E-state index in [1.807, 2.05) is 18.2 Å². The van der Waals surface area contributed by atoms with Crippen LogP contribution in [0.1, 0.15) is 24.8 Å². The van der Waals surface area contributed by atoms with E-state index in [1.54, 1.807) is 6.07 Å². The fraction of sp³-hybridized carbons (Fsp3) is 0.286. The number of rotatable bonds is 7. The molecular formula is C21H21N4O6-. The van der Waals surface area contributed by atoms with Crippen LogP contribution >= 0.6 is 0 Å². The van der Waals surface area contributed by atoms with Crippen LogP contribution in [-0.2, 0) is 23.7 Å². The predicted octanol–water partition coefficient (Wildman–Crippen LogP) is -2.35. The van der Waals surface area contributed by atoms with Crippen LogP contribution in [0.15, 0.2) is 44.5 Å². The minimum Gasteiger partial charge on any atom is -0.550 e. The minimum atomic E-state index is -1.29. The Balaban J connectivity index is 1.96. The predicted molar refractivity (Wildman–Crippen MR) is 109 cm³/mol. The smallest absolute Gasteiger partial charge is 0.333 e. The van der Waals surface area contributed by atoms with Crippen molar-refractivity contribution in [1.82, 2.24) is 14.5 Å². The number of allylic oxidation sites excluding steroid dienone is 1. The average Bonchev–Trinajstić information content (AvgIpc) is 3.09. The number of aromatic nitrogens is 2. The van der Waals surface area contributed by atoms with E-state index in [1.165, 1.54) is 20.2 Å². The summed E-state index contributed by atoms with van der Waals surface area (Å²) in [7, 11) is 2.67. The van der Waals surface area contributed by atoms with E-state index in [4.69, 9.17) is 0 Å². The fourth-order valence-electron chi connectivity index (χ4n) is 3.30. The summed E-state index contributed by atoms with van der Waals surface area (Å²) in [6.45, 7) is 0.222. The first-order valence-electron chi connectivity index (χ1n) is 9.55. The molecule has 10 nitrogen and oxygen atoms in total. The van der Waals surface area contributed by atoms with Crippen LogP contribution in [0.2, 0.25) is 0 Å². The van der Waals surface area contributed by atoms with E-state index in [0.29, 0.717) is 17.5 Å². The number of carbonyl (C=O) groups is 2. The quantitative estimate of drug-likeness (QED) is 0.508. The van der Waals surface area contributed by atoms with Crippen LogP contribution in [0.25, 0.3) is 11.6 Å². The lowest BCUT2D eigenvalue weighted by molar-refractivity contribution is -0.305. The maximum Gasteiger partial charge on any atom is 0.333 e. The third-order valence-electron chi connectivity index (χ3n) is 4.98. The molecule has 0 fully saturated rings. The largest absolute Gasteiger partial charge is 0.550 e. The van der Waals surface area contributed by atoms with Crippen LogP contribution in [0.5, 0.6) is 5.88 Å². The molecule has 0 saturated carbocycles. The Morgan fingerprint density at radius 2 is 1.87 bits per heavy atom. The first kappa shape index (κ1) is 21.8. The van der Waals surface area contributed by atoms with Crippen LogP contribution in [-0.4, -0.2) is 32.7 Å². The van der Waals surface area contributed by atoms with Crippen LogP contribution in [0.3, 0.4) is 0 Å². The lowest BCUT2D eigenvalue weighted by Gasteiger charge is -2.10. The van der Waals surface area contributed by atoms with E-state index < -0.39 is 29.0 Å². The highest BCUT2D eigenvalue weighted by Crippen LogP contribution is 2.22. The molecule has 0 aliphatic carbocycles. The standard InChI is InChI=1S/C21H22N4O6/c1-24-19(29)14(20(30)25(2)21(24)31)11-16-13(12-5-3-4-6-15(12)23-16)9-10-22-17(26)7-8-18(27)28/h3-6,11,29H,7-10H2,1-2H3,(H,22,26)(H,27,28)/p-1/b16-11-. The van der Waals surface area contributed by atoms with Gasteiger partial charge in [0.05, 0.1) is 11.1 Å². The van der Waals surface area contributed by atoms with E-state index in [9.17, 15) is 29.4 Å². The van der Waals surface area contributed by atoms with E-state index >= 15 is 0 Å². The molecule has 1 aromatic carbocycles.